The smallest absolute Gasteiger partial charge is 0.218 e. The summed E-state index contributed by atoms with van der Waals surface area (Å²) in [6, 6.07) is 6.54. The monoisotopic (exact) mass is 332 g/mol. The SMILES string of the molecule is Cc1ccc(S(=O)(=O)c2cccc(F)c2C(F)(F)F)c(C)c1. The summed E-state index contributed by atoms with van der Waals surface area (Å²) in [6.45, 7) is 3.21. The van der Waals surface area contributed by atoms with Gasteiger partial charge in [-0.15, -0.1) is 0 Å². The normalized spacial score (nSPS) is 12.5. The second-order valence-corrected chi connectivity index (χ2v) is 6.77. The number of aryl methyl sites for hydroxylation is 2. The largest absolute Gasteiger partial charge is 0.420 e. The zero-order chi connectivity index (χ0) is 16.7. The quantitative estimate of drug-likeness (QED) is 0.769. The van der Waals surface area contributed by atoms with E-state index in [9.17, 15) is 26.0 Å². The molecule has 0 saturated carbocycles. The minimum Gasteiger partial charge on any atom is -0.218 e. The second kappa shape index (κ2) is 5.39. The lowest BCUT2D eigenvalue weighted by molar-refractivity contribution is -0.142. The summed E-state index contributed by atoms with van der Waals surface area (Å²) in [6.07, 6.45) is -5.10. The van der Waals surface area contributed by atoms with E-state index in [0.29, 0.717) is 11.6 Å². The standard InChI is InChI=1S/C15H12F4O2S/c1-9-6-7-12(10(2)8-9)22(20,21)13-5-3-4-11(16)14(13)15(17,18)19/h3-8H,1-2H3. The predicted octanol–water partition coefficient (Wildman–Crippen LogP) is 4.29. The van der Waals surface area contributed by atoms with Gasteiger partial charge in [-0.25, -0.2) is 12.8 Å². The van der Waals surface area contributed by atoms with Crippen molar-refractivity contribution in [1.29, 1.82) is 0 Å². The van der Waals surface area contributed by atoms with Crippen molar-refractivity contribution in [3.8, 4) is 0 Å². The molecule has 7 heteroatoms. The van der Waals surface area contributed by atoms with Crippen LogP contribution in [0.4, 0.5) is 17.6 Å². The van der Waals surface area contributed by atoms with E-state index in [2.05, 4.69) is 0 Å². The molecule has 0 saturated heterocycles. The Morgan fingerprint density at radius 3 is 2.14 bits per heavy atom. The molecule has 2 aromatic carbocycles. The lowest BCUT2D eigenvalue weighted by atomic mass is 10.2. The summed E-state index contributed by atoms with van der Waals surface area (Å²) in [7, 11) is -4.48. The van der Waals surface area contributed by atoms with Crippen LogP contribution in [0, 0.1) is 19.7 Å². The molecule has 0 aliphatic heterocycles. The Kier molecular flexibility index (Phi) is 4.04. The lowest BCUT2D eigenvalue weighted by Gasteiger charge is -2.15. The van der Waals surface area contributed by atoms with Gasteiger partial charge in [0.15, 0.2) is 0 Å². The number of sulfone groups is 1. The van der Waals surface area contributed by atoms with E-state index in [-0.39, 0.29) is 4.90 Å². The fourth-order valence-electron chi connectivity index (χ4n) is 2.22. The maximum absolute atomic E-state index is 13.6. The van der Waals surface area contributed by atoms with Gasteiger partial charge in [-0.2, -0.15) is 13.2 Å². The summed E-state index contributed by atoms with van der Waals surface area (Å²) in [4.78, 5) is -1.35. The second-order valence-electron chi connectivity index (χ2n) is 4.88. The lowest BCUT2D eigenvalue weighted by Crippen LogP contribution is -2.16. The first-order chi connectivity index (χ1) is 10.0. The molecular weight excluding hydrogens is 320 g/mol. The highest BCUT2D eigenvalue weighted by molar-refractivity contribution is 7.91. The third-order valence-electron chi connectivity index (χ3n) is 3.17. The minimum absolute atomic E-state index is 0.269. The van der Waals surface area contributed by atoms with E-state index in [1.54, 1.807) is 13.0 Å². The molecule has 22 heavy (non-hydrogen) atoms. The fourth-order valence-corrected chi connectivity index (χ4v) is 3.93. The number of rotatable bonds is 2. The average Bonchev–Trinajstić information content (AvgIpc) is 2.36. The molecule has 0 bridgehead atoms. The zero-order valence-electron chi connectivity index (χ0n) is 11.7. The highest BCUT2D eigenvalue weighted by Gasteiger charge is 2.40. The van der Waals surface area contributed by atoms with Crippen molar-refractivity contribution in [2.75, 3.05) is 0 Å². The maximum atomic E-state index is 13.6. The van der Waals surface area contributed by atoms with Gasteiger partial charge in [0, 0.05) is 0 Å². The number of hydrogen-bond acceptors (Lipinski definition) is 2. The van der Waals surface area contributed by atoms with Crippen molar-refractivity contribution >= 4 is 9.84 Å². The summed E-state index contributed by atoms with van der Waals surface area (Å²) in [5.74, 6) is -1.61. The molecule has 0 amide bonds. The van der Waals surface area contributed by atoms with Crippen LogP contribution in [-0.2, 0) is 16.0 Å². The van der Waals surface area contributed by atoms with Gasteiger partial charge in [0.1, 0.15) is 11.4 Å². The summed E-state index contributed by atoms with van der Waals surface area (Å²) in [5.41, 5.74) is -0.695. The first-order valence-electron chi connectivity index (χ1n) is 6.23. The van der Waals surface area contributed by atoms with Crippen molar-refractivity contribution in [3.63, 3.8) is 0 Å². The molecule has 0 atom stereocenters. The topological polar surface area (TPSA) is 34.1 Å². The molecule has 0 fully saturated rings. The van der Waals surface area contributed by atoms with E-state index in [4.69, 9.17) is 0 Å². The Bertz CT molecular complexity index is 824. The van der Waals surface area contributed by atoms with E-state index in [1.807, 2.05) is 0 Å². The van der Waals surface area contributed by atoms with Crippen LogP contribution >= 0.6 is 0 Å². The molecule has 0 aliphatic rings. The fraction of sp³-hybridized carbons (Fsp3) is 0.200. The Morgan fingerprint density at radius 1 is 0.955 bits per heavy atom. The van der Waals surface area contributed by atoms with Crippen molar-refractivity contribution < 1.29 is 26.0 Å². The van der Waals surface area contributed by atoms with E-state index >= 15 is 0 Å². The van der Waals surface area contributed by atoms with Crippen molar-refractivity contribution in [2.24, 2.45) is 0 Å². The van der Waals surface area contributed by atoms with Gasteiger partial charge < -0.3 is 0 Å². The number of benzene rings is 2. The molecule has 2 nitrogen and oxygen atoms in total. The Labute approximate surface area is 125 Å². The van der Waals surface area contributed by atoms with Gasteiger partial charge in [0.25, 0.3) is 0 Å². The highest BCUT2D eigenvalue weighted by Crippen LogP contribution is 2.38. The van der Waals surface area contributed by atoms with Crippen LogP contribution in [0.2, 0.25) is 0 Å². The van der Waals surface area contributed by atoms with Crippen molar-refractivity contribution in [3.05, 3.63) is 58.9 Å². The third kappa shape index (κ3) is 2.85. The number of hydrogen-bond donors (Lipinski definition) is 0. The first-order valence-corrected chi connectivity index (χ1v) is 7.71. The van der Waals surface area contributed by atoms with E-state index < -0.39 is 32.3 Å². The van der Waals surface area contributed by atoms with Gasteiger partial charge in [-0.3, -0.25) is 0 Å². The van der Waals surface area contributed by atoms with Crippen LogP contribution in [0.15, 0.2) is 46.2 Å². The molecule has 0 unspecified atom stereocenters. The van der Waals surface area contributed by atoms with Gasteiger partial charge in [-0.05, 0) is 37.6 Å². The van der Waals surface area contributed by atoms with Gasteiger partial charge >= 0.3 is 6.18 Å². The van der Waals surface area contributed by atoms with Gasteiger partial charge in [0.2, 0.25) is 9.84 Å². The minimum atomic E-state index is -5.10. The molecule has 0 radical (unpaired) electrons. The average molecular weight is 332 g/mol. The Balaban J connectivity index is 2.78. The Morgan fingerprint density at radius 2 is 1.59 bits per heavy atom. The molecule has 0 heterocycles. The predicted molar refractivity (Wildman–Crippen MR) is 72.8 cm³/mol. The Hall–Kier alpha value is -1.89. The summed E-state index contributed by atoms with van der Waals surface area (Å²) in [5, 5.41) is 0. The maximum Gasteiger partial charge on any atom is 0.420 e. The molecule has 2 aromatic rings. The molecule has 0 spiro atoms. The van der Waals surface area contributed by atoms with Crippen LogP contribution in [0.3, 0.4) is 0 Å². The van der Waals surface area contributed by atoms with Gasteiger partial charge in [0.05, 0.1) is 9.79 Å². The van der Waals surface area contributed by atoms with Crippen LogP contribution in [-0.4, -0.2) is 8.42 Å². The van der Waals surface area contributed by atoms with Crippen LogP contribution in [0.1, 0.15) is 16.7 Å². The third-order valence-corrected chi connectivity index (χ3v) is 5.12. The molecule has 0 N–H and O–H groups in total. The van der Waals surface area contributed by atoms with Crippen molar-refractivity contribution in [1.82, 2.24) is 0 Å². The van der Waals surface area contributed by atoms with Crippen LogP contribution in [0.25, 0.3) is 0 Å². The molecular formula is C15H12F4O2S. The summed E-state index contributed by atoms with van der Waals surface area (Å²) < 4.78 is 77.7. The molecule has 118 valence electrons. The summed E-state index contributed by atoms with van der Waals surface area (Å²) >= 11 is 0. The van der Waals surface area contributed by atoms with E-state index in [1.165, 1.54) is 19.1 Å². The molecule has 0 aromatic heterocycles. The van der Waals surface area contributed by atoms with Crippen LogP contribution < -0.4 is 0 Å². The van der Waals surface area contributed by atoms with E-state index in [0.717, 1.165) is 17.7 Å². The number of halogens is 4. The molecule has 2 rings (SSSR count). The highest BCUT2D eigenvalue weighted by atomic mass is 32.2. The molecule has 0 aliphatic carbocycles. The van der Waals surface area contributed by atoms with Crippen LogP contribution in [0.5, 0.6) is 0 Å². The number of alkyl halides is 3. The zero-order valence-corrected chi connectivity index (χ0v) is 12.5. The van der Waals surface area contributed by atoms with Crippen molar-refractivity contribution in [2.45, 2.75) is 29.8 Å². The first kappa shape index (κ1) is 16.5. The van der Waals surface area contributed by atoms with Gasteiger partial charge in [-0.1, -0.05) is 23.8 Å².